The van der Waals surface area contributed by atoms with Crippen LogP contribution in [0.1, 0.15) is 5.69 Å². The van der Waals surface area contributed by atoms with E-state index in [4.69, 9.17) is 17.3 Å². The molecule has 0 aliphatic heterocycles. The first-order valence-electron chi connectivity index (χ1n) is 4.95. The van der Waals surface area contributed by atoms with Crippen LogP contribution in [0.5, 0.6) is 0 Å². The van der Waals surface area contributed by atoms with E-state index in [1.807, 2.05) is 29.6 Å². The quantitative estimate of drug-likeness (QED) is 0.881. The number of benzene rings is 1. The fourth-order valence-corrected chi connectivity index (χ4v) is 2.17. The van der Waals surface area contributed by atoms with Gasteiger partial charge in [-0.1, -0.05) is 11.6 Å². The third-order valence-corrected chi connectivity index (χ3v) is 3.11. The number of hydrogen-bond donors (Lipinski definition) is 2. The molecule has 0 unspecified atom stereocenters. The molecule has 84 valence electrons. The number of nitrogens with two attached hydrogens (primary N) is 1. The topological polar surface area (TPSA) is 50.9 Å². The summed E-state index contributed by atoms with van der Waals surface area (Å²) in [6.45, 7) is 0.629. The third-order valence-electron chi connectivity index (χ3n) is 2.05. The largest absolute Gasteiger partial charge is 0.332 e. The van der Waals surface area contributed by atoms with Crippen molar-refractivity contribution in [1.82, 2.24) is 4.98 Å². The van der Waals surface area contributed by atoms with E-state index in [2.05, 4.69) is 10.3 Å². The van der Waals surface area contributed by atoms with Gasteiger partial charge in [-0.25, -0.2) is 4.98 Å². The second-order valence-corrected chi connectivity index (χ2v) is 4.61. The van der Waals surface area contributed by atoms with Crippen LogP contribution >= 0.6 is 22.9 Å². The lowest BCUT2D eigenvalue weighted by atomic mass is 10.3. The zero-order chi connectivity index (χ0) is 11.4. The third kappa shape index (κ3) is 2.95. The molecule has 0 amide bonds. The summed E-state index contributed by atoms with van der Waals surface area (Å²) in [5.41, 5.74) is 7.48. The molecule has 1 aromatic heterocycles. The molecule has 0 saturated heterocycles. The Labute approximate surface area is 103 Å². The number of nitrogens with one attached hydrogen (secondary N) is 1. The van der Waals surface area contributed by atoms with Crippen LogP contribution < -0.4 is 11.1 Å². The van der Waals surface area contributed by atoms with Crippen LogP contribution in [0.4, 0.5) is 10.8 Å². The summed E-state index contributed by atoms with van der Waals surface area (Å²) in [4.78, 5) is 4.41. The number of anilines is 2. The first-order valence-corrected chi connectivity index (χ1v) is 6.21. The Hall–Kier alpha value is -1.10. The van der Waals surface area contributed by atoms with Gasteiger partial charge in [-0.15, -0.1) is 11.3 Å². The molecule has 0 atom stereocenters. The van der Waals surface area contributed by atoms with Crippen molar-refractivity contribution in [3.63, 3.8) is 0 Å². The molecule has 5 heteroatoms. The molecule has 1 aromatic carbocycles. The maximum atomic E-state index is 5.81. The first kappa shape index (κ1) is 11.4. The van der Waals surface area contributed by atoms with Crippen molar-refractivity contribution in [3.8, 4) is 0 Å². The number of rotatable bonds is 4. The van der Waals surface area contributed by atoms with Crippen LogP contribution in [0, 0.1) is 0 Å². The predicted molar refractivity (Wildman–Crippen MR) is 69.6 cm³/mol. The Morgan fingerprint density at radius 2 is 2.06 bits per heavy atom. The van der Waals surface area contributed by atoms with Gasteiger partial charge in [0.2, 0.25) is 0 Å². The van der Waals surface area contributed by atoms with Gasteiger partial charge in [0.05, 0.1) is 5.69 Å². The molecule has 16 heavy (non-hydrogen) atoms. The molecule has 0 radical (unpaired) electrons. The number of hydrogen-bond acceptors (Lipinski definition) is 4. The highest BCUT2D eigenvalue weighted by Gasteiger charge is 2.01. The molecule has 3 N–H and O–H groups in total. The van der Waals surface area contributed by atoms with Gasteiger partial charge in [0.1, 0.15) is 0 Å². The molecular formula is C11H12ClN3S. The van der Waals surface area contributed by atoms with Crippen LogP contribution in [0.2, 0.25) is 5.02 Å². The Morgan fingerprint density at radius 1 is 1.31 bits per heavy atom. The van der Waals surface area contributed by atoms with Gasteiger partial charge in [0.15, 0.2) is 5.13 Å². The number of aromatic nitrogens is 1. The summed E-state index contributed by atoms with van der Waals surface area (Å²) in [7, 11) is 0. The molecule has 0 aliphatic rings. The highest BCUT2D eigenvalue weighted by Crippen LogP contribution is 2.22. The molecule has 0 fully saturated rings. The lowest BCUT2D eigenvalue weighted by Crippen LogP contribution is -2.02. The minimum atomic E-state index is 0.629. The average Bonchev–Trinajstić information content (AvgIpc) is 2.70. The van der Waals surface area contributed by atoms with Gasteiger partial charge in [-0.05, 0) is 30.8 Å². The van der Waals surface area contributed by atoms with Crippen LogP contribution in [0.15, 0.2) is 29.6 Å². The molecule has 1 heterocycles. The van der Waals surface area contributed by atoms with E-state index in [0.717, 1.165) is 28.0 Å². The van der Waals surface area contributed by atoms with Crippen molar-refractivity contribution in [2.75, 3.05) is 11.9 Å². The standard InChI is InChI=1S/C11H12ClN3S/c12-8-1-3-9(4-2-8)14-11-15-10(5-6-13)7-16-11/h1-4,7H,5-6,13H2,(H,14,15). The van der Waals surface area contributed by atoms with Crippen LogP contribution in [-0.4, -0.2) is 11.5 Å². The molecule has 2 rings (SSSR count). The zero-order valence-electron chi connectivity index (χ0n) is 8.61. The van der Waals surface area contributed by atoms with Crippen LogP contribution in [0.3, 0.4) is 0 Å². The average molecular weight is 254 g/mol. The fourth-order valence-electron chi connectivity index (χ4n) is 1.28. The molecule has 2 aromatic rings. The summed E-state index contributed by atoms with van der Waals surface area (Å²) in [6, 6.07) is 7.54. The molecule has 0 bridgehead atoms. The van der Waals surface area contributed by atoms with Crippen molar-refractivity contribution >= 4 is 33.8 Å². The second-order valence-electron chi connectivity index (χ2n) is 3.31. The van der Waals surface area contributed by atoms with Gasteiger partial charge in [-0.2, -0.15) is 0 Å². The summed E-state index contributed by atoms with van der Waals surface area (Å²) < 4.78 is 0. The monoisotopic (exact) mass is 253 g/mol. The lowest BCUT2D eigenvalue weighted by molar-refractivity contribution is 0.936. The van der Waals surface area contributed by atoms with Crippen molar-refractivity contribution in [2.45, 2.75) is 6.42 Å². The van der Waals surface area contributed by atoms with Crippen molar-refractivity contribution < 1.29 is 0 Å². The minimum Gasteiger partial charge on any atom is -0.332 e. The van der Waals surface area contributed by atoms with Crippen molar-refractivity contribution in [1.29, 1.82) is 0 Å². The van der Waals surface area contributed by atoms with Crippen molar-refractivity contribution in [2.24, 2.45) is 5.73 Å². The van der Waals surface area contributed by atoms with Crippen LogP contribution in [0.25, 0.3) is 0 Å². The van der Waals surface area contributed by atoms with E-state index in [1.54, 1.807) is 11.3 Å². The fraction of sp³-hybridized carbons (Fsp3) is 0.182. The summed E-state index contributed by atoms with van der Waals surface area (Å²) >= 11 is 7.38. The van der Waals surface area contributed by atoms with Gasteiger partial charge in [0, 0.05) is 22.5 Å². The van der Waals surface area contributed by atoms with E-state index in [9.17, 15) is 0 Å². The number of halogens is 1. The highest BCUT2D eigenvalue weighted by atomic mass is 35.5. The van der Waals surface area contributed by atoms with Crippen molar-refractivity contribution in [3.05, 3.63) is 40.4 Å². The van der Waals surface area contributed by atoms with E-state index < -0.39 is 0 Å². The second kappa shape index (κ2) is 5.30. The Kier molecular flexibility index (Phi) is 3.77. The molecule has 3 nitrogen and oxygen atoms in total. The van der Waals surface area contributed by atoms with Gasteiger partial charge >= 0.3 is 0 Å². The summed E-state index contributed by atoms with van der Waals surface area (Å²) in [5, 5.41) is 6.85. The van der Waals surface area contributed by atoms with Gasteiger partial charge in [-0.3, -0.25) is 0 Å². The maximum absolute atomic E-state index is 5.81. The Balaban J connectivity index is 2.05. The summed E-state index contributed by atoms with van der Waals surface area (Å²) in [5.74, 6) is 0. The normalized spacial score (nSPS) is 10.4. The number of nitrogens with zero attached hydrogens (tertiary/aromatic N) is 1. The molecule has 0 saturated carbocycles. The lowest BCUT2D eigenvalue weighted by Gasteiger charge is -2.01. The minimum absolute atomic E-state index is 0.629. The molecular weight excluding hydrogens is 242 g/mol. The van der Waals surface area contributed by atoms with E-state index in [1.165, 1.54) is 0 Å². The molecule has 0 spiro atoms. The zero-order valence-corrected chi connectivity index (χ0v) is 10.2. The van der Waals surface area contributed by atoms with E-state index in [-0.39, 0.29) is 0 Å². The van der Waals surface area contributed by atoms with Gasteiger partial charge < -0.3 is 11.1 Å². The van der Waals surface area contributed by atoms with E-state index in [0.29, 0.717) is 6.54 Å². The summed E-state index contributed by atoms with van der Waals surface area (Å²) in [6.07, 6.45) is 0.818. The predicted octanol–water partition coefficient (Wildman–Crippen LogP) is 3.04. The molecule has 0 aliphatic carbocycles. The van der Waals surface area contributed by atoms with Gasteiger partial charge in [0.25, 0.3) is 0 Å². The SMILES string of the molecule is NCCc1csc(Nc2ccc(Cl)cc2)n1. The highest BCUT2D eigenvalue weighted by molar-refractivity contribution is 7.13. The maximum Gasteiger partial charge on any atom is 0.187 e. The smallest absolute Gasteiger partial charge is 0.187 e. The Morgan fingerprint density at radius 3 is 2.75 bits per heavy atom. The Bertz CT molecular complexity index is 453. The first-order chi connectivity index (χ1) is 7.78. The number of thiazole rings is 1. The van der Waals surface area contributed by atoms with Crippen LogP contribution in [-0.2, 0) is 6.42 Å². The van der Waals surface area contributed by atoms with E-state index >= 15 is 0 Å².